The maximum Gasteiger partial charge on any atom is 0.472 e. The molecule has 346 valence electrons. The van der Waals surface area contributed by atoms with Crippen molar-refractivity contribution in [1.82, 2.24) is 0 Å². The summed E-state index contributed by atoms with van der Waals surface area (Å²) in [5.41, 5.74) is 5.38. The molecule has 8 nitrogen and oxygen atoms in total. The molecule has 2 atom stereocenters. The Morgan fingerprint density at radius 2 is 0.862 bits per heavy atom. The van der Waals surface area contributed by atoms with Gasteiger partial charge in [-0.05, 0) is 38.5 Å². The maximum atomic E-state index is 12.6. The van der Waals surface area contributed by atoms with Crippen molar-refractivity contribution >= 4 is 13.8 Å². The molecule has 0 spiro atoms. The van der Waals surface area contributed by atoms with Gasteiger partial charge in [0.25, 0.3) is 0 Å². The molecule has 0 bridgehead atoms. The average molecular weight is 844 g/mol. The Morgan fingerprint density at radius 3 is 1.26 bits per heavy atom. The lowest BCUT2D eigenvalue weighted by Gasteiger charge is -2.20. The first kappa shape index (κ1) is 57.2. The fraction of sp³-hybridized carbons (Fsp3) is 0.939. The molecule has 0 aliphatic carbocycles. The van der Waals surface area contributed by atoms with Crippen LogP contribution in [0, 0.1) is 0 Å². The Balaban J connectivity index is 3.87. The number of esters is 1. The van der Waals surface area contributed by atoms with Crippen LogP contribution in [0.25, 0.3) is 0 Å². The van der Waals surface area contributed by atoms with E-state index in [1.54, 1.807) is 0 Å². The second kappa shape index (κ2) is 47.3. The third kappa shape index (κ3) is 46.3. The third-order valence-corrected chi connectivity index (χ3v) is 12.2. The van der Waals surface area contributed by atoms with E-state index < -0.39 is 13.9 Å². The molecule has 0 rings (SSSR count). The summed E-state index contributed by atoms with van der Waals surface area (Å²) >= 11 is 0. The monoisotopic (exact) mass is 844 g/mol. The summed E-state index contributed by atoms with van der Waals surface area (Å²) in [6.07, 6.45) is 52.4. The van der Waals surface area contributed by atoms with E-state index in [4.69, 9.17) is 24.3 Å². The average Bonchev–Trinajstić information content (AvgIpc) is 3.21. The fourth-order valence-electron chi connectivity index (χ4n) is 7.46. The van der Waals surface area contributed by atoms with E-state index in [1.165, 1.54) is 205 Å². The van der Waals surface area contributed by atoms with E-state index in [0.717, 1.165) is 32.1 Å². The van der Waals surface area contributed by atoms with Gasteiger partial charge < -0.3 is 20.1 Å². The smallest absolute Gasteiger partial charge is 0.457 e. The summed E-state index contributed by atoms with van der Waals surface area (Å²) in [4.78, 5) is 22.5. The molecule has 0 aliphatic rings. The molecule has 0 fully saturated rings. The van der Waals surface area contributed by atoms with E-state index >= 15 is 0 Å². The minimum absolute atomic E-state index is 0.0916. The van der Waals surface area contributed by atoms with Crippen molar-refractivity contribution in [3.63, 3.8) is 0 Å². The summed E-state index contributed by atoms with van der Waals surface area (Å²) in [6, 6.07) is 0. The molecular formula is C49H98NO7P. The SMILES string of the molecule is CCCCCCCCCC/C=C\CCCCCCCCCCCCCCOCC(COP(=O)(O)OCCN)OC(=O)CCCCCCCCCCCCCCCCC. The lowest BCUT2D eigenvalue weighted by molar-refractivity contribution is -0.154. The molecule has 0 saturated carbocycles. The highest BCUT2D eigenvalue weighted by atomic mass is 31.2. The molecule has 0 aromatic heterocycles. The highest BCUT2D eigenvalue weighted by Crippen LogP contribution is 2.43. The number of rotatable bonds is 49. The second-order valence-corrected chi connectivity index (χ2v) is 18.5. The van der Waals surface area contributed by atoms with Crippen molar-refractivity contribution in [3.05, 3.63) is 12.2 Å². The van der Waals surface area contributed by atoms with E-state index in [0.29, 0.717) is 13.0 Å². The second-order valence-electron chi connectivity index (χ2n) is 17.0. The van der Waals surface area contributed by atoms with Crippen LogP contribution in [0.2, 0.25) is 0 Å². The van der Waals surface area contributed by atoms with Crippen LogP contribution in [0.4, 0.5) is 0 Å². The predicted octanol–water partition coefficient (Wildman–Crippen LogP) is 15.4. The molecule has 0 amide bonds. The van der Waals surface area contributed by atoms with Gasteiger partial charge in [0, 0.05) is 19.6 Å². The van der Waals surface area contributed by atoms with Crippen LogP contribution in [0.5, 0.6) is 0 Å². The van der Waals surface area contributed by atoms with Gasteiger partial charge >= 0.3 is 13.8 Å². The van der Waals surface area contributed by atoms with Gasteiger partial charge in [0.2, 0.25) is 0 Å². The molecule has 0 saturated heterocycles. The number of allylic oxidation sites excluding steroid dienone is 2. The Morgan fingerprint density at radius 1 is 0.500 bits per heavy atom. The third-order valence-electron chi connectivity index (χ3n) is 11.2. The van der Waals surface area contributed by atoms with Gasteiger partial charge in [-0.15, -0.1) is 0 Å². The zero-order chi connectivity index (χ0) is 42.3. The van der Waals surface area contributed by atoms with Crippen molar-refractivity contribution in [1.29, 1.82) is 0 Å². The first-order chi connectivity index (χ1) is 28.4. The number of nitrogens with two attached hydrogens (primary N) is 1. The van der Waals surface area contributed by atoms with Crippen molar-refractivity contribution < 1.29 is 32.8 Å². The van der Waals surface area contributed by atoms with Crippen LogP contribution in [-0.2, 0) is 27.9 Å². The summed E-state index contributed by atoms with van der Waals surface area (Å²) in [5, 5.41) is 0. The van der Waals surface area contributed by atoms with Gasteiger partial charge in [-0.2, -0.15) is 0 Å². The van der Waals surface area contributed by atoms with Crippen LogP contribution < -0.4 is 5.73 Å². The standard InChI is InChI=1S/C49H98NO7P/c1-3-5-7-9-11-13-15-17-19-20-21-22-23-24-25-26-27-29-31-33-35-37-39-41-44-54-46-48(47-56-58(52,53)55-45-43-50)57-49(51)42-40-38-36-34-32-30-28-18-16-14-12-10-8-6-4-2/h20-21,48H,3-19,22-47,50H2,1-2H3,(H,52,53)/b21-20-. The van der Waals surface area contributed by atoms with E-state index in [1.807, 2.05) is 0 Å². The molecule has 0 heterocycles. The number of carbonyl (C=O) groups is 1. The first-order valence-corrected chi connectivity index (χ1v) is 26.7. The Labute approximate surface area is 360 Å². The Kier molecular flexibility index (Phi) is 46.7. The molecule has 9 heteroatoms. The van der Waals surface area contributed by atoms with Gasteiger partial charge in [0.05, 0.1) is 19.8 Å². The number of carbonyl (C=O) groups excluding carboxylic acids is 1. The lowest BCUT2D eigenvalue weighted by atomic mass is 10.0. The van der Waals surface area contributed by atoms with Crippen LogP contribution in [0.15, 0.2) is 12.2 Å². The lowest BCUT2D eigenvalue weighted by Crippen LogP contribution is -2.28. The summed E-state index contributed by atoms with van der Waals surface area (Å²) in [5.74, 6) is -0.324. The van der Waals surface area contributed by atoms with Gasteiger partial charge in [-0.25, -0.2) is 4.57 Å². The predicted molar refractivity (Wildman–Crippen MR) is 247 cm³/mol. The molecule has 3 N–H and O–H groups in total. The quantitative estimate of drug-likeness (QED) is 0.0269. The minimum atomic E-state index is -4.27. The molecule has 2 unspecified atom stereocenters. The summed E-state index contributed by atoms with van der Waals surface area (Å²) < 4.78 is 33.6. The van der Waals surface area contributed by atoms with E-state index in [9.17, 15) is 14.3 Å². The van der Waals surface area contributed by atoms with Gasteiger partial charge in [0.1, 0.15) is 6.10 Å². The van der Waals surface area contributed by atoms with Crippen LogP contribution in [-0.4, -0.2) is 49.9 Å². The molecule has 0 aliphatic heterocycles. The number of phosphoric acid groups is 1. The summed E-state index contributed by atoms with van der Waals surface area (Å²) in [6.45, 7) is 4.98. The summed E-state index contributed by atoms with van der Waals surface area (Å²) in [7, 11) is -4.27. The number of hydrogen-bond acceptors (Lipinski definition) is 7. The molecular weight excluding hydrogens is 746 g/mol. The van der Waals surface area contributed by atoms with Crippen LogP contribution >= 0.6 is 7.82 Å². The number of phosphoric ester groups is 1. The largest absolute Gasteiger partial charge is 0.472 e. The highest BCUT2D eigenvalue weighted by Gasteiger charge is 2.25. The van der Waals surface area contributed by atoms with Gasteiger partial charge in [0.15, 0.2) is 0 Å². The zero-order valence-corrected chi connectivity index (χ0v) is 39.5. The number of unbranched alkanes of at least 4 members (excludes halogenated alkanes) is 34. The zero-order valence-electron chi connectivity index (χ0n) is 38.6. The van der Waals surface area contributed by atoms with Crippen molar-refractivity contribution in [3.8, 4) is 0 Å². The topological polar surface area (TPSA) is 117 Å². The molecule has 58 heavy (non-hydrogen) atoms. The molecule has 0 aromatic carbocycles. The first-order valence-electron chi connectivity index (χ1n) is 25.2. The Hall–Kier alpha value is -0.760. The van der Waals surface area contributed by atoms with E-state index in [2.05, 4.69) is 26.0 Å². The minimum Gasteiger partial charge on any atom is -0.457 e. The number of ether oxygens (including phenoxy) is 2. The molecule has 0 radical (unpaired) electrons. The Bertz CT molecular complexity index is 904. The van der Waals surface area contributed by atoms with Crippen molar-refractivity contribution in [2.24, 2.45) is 5.73 Å². The van der Waals surface area contributed by atoms with Crippen molar-refractivity contribution in [2.45, 2.75) is 264 Å². The maximum absolute atomic E-state index is 12.6. The normalized spacial score (nSPS) is 13.4. The van der Waals surface area contributed by atoms with Crippen molar-refractivity contribution in [2.75, 3.05) is 33.0 Å². The molecule has 0 aromatic rings. The van der Waals surface area contributed by atoms with Gasteiger partial charge in [-0.1, -0.05) is 225 Å². The van der Waals surface area contributed by atoms with Crippen LogP contribution in [0.3, 0.4) is 0 Å². The fourth-order valence-corrected chi connectivity index (χ4v) is 8.23. The van der Waals surface area contributed by atoms with Gasteiger partial charge in [-0.3, -0.25) is 13.8 Å². The van der Waals surface area contributed by atoms with E-state index in [-0.39, 0.29) is 32.3 Å². The number of hydrogen-bond donors (Lipinski definition) is 2. The van der Waals surface area contributed by atoms with Crippen LogP contribution in [0.1, 0.15) is 258 Å². The highest BCUT2D eigenvalue weighted by molar-refractivity contribution is 7.47.